The number of hydrogen-bond donors (Lipinski definition) is 1. The maximum atomic E-state index is 13.5. The number of halogens is 4. The zero-order chi connectivity index (χ0) is 14.0. The van der Waals surface area contributed by atoms with Crippen LogP contribution in [0.25, 0.3) is 0 Å². The first-order valence-electron chi connectivity index (χ1n) is 5.55. The Bertz CT molecular complexity index is 602. The Hall–Kier alpha value is -1.16. The summed E-state index contributed by atoms with van der Waals surface area (Å²) in [5, 5.41) is 10.6. The molecule has 2 aromatic carbocycles. The van der Waals surface area contributed by atoms with Crippen molar-refractivity contribution < 1.29 is 13.9 Å². The Morgan fingerprint density at radius 3 is 2.47 bits per heavy atom. The molecule has 0 aromatic heterocycles. The molecule has 0 saturated heterocycles. The number of hydrogen-bond acceptors (Lipinski definition) is 1. The zero-order valence-corrected chi connectivity index (χ0v) is 11.2. The average molecular weight is 303 g/mol. The quantitative estimate of drug-likeness (QED) is 0.882. The molecule has 19 heavy (non-hydrogen) atoms. The van der Waals surface area contributed by atoms with Crippen molar-refractivity contribution in [2.45, 2.75) is 12.5 Å². The minimum Gasteiger partial charge on any atom is -0.388 e. The molecule has 0 aliphatic heterocycles. The van der Waals surface area contributed by atoms with Gasteiger partial charge in [0.25, 0.3) is 0 Å². The van der Waals surface area contributed by atoms with Crippen LogP contribution in [0, 0.1) is 11.6 Å². The van der Waals surface area contributed by atoms with Gasteiger partial charge in [-0.05, 0) is 17.7 Å². The molecular formula is C14H10Cl2F2O. The summed E-state index contributed by atoms with van der Waals surface area (Å²) in [5.74, 6) is -1.90. The zero-order valence-electron chi connectivity index (χ0n) is 9.71. The van der Waals surface area contributed by atoms with E-state index < -0.39 is 17.7 Å². The second-order valence-corrected chi connectivity index (χ2v) is 4.86. The predicted molar refractivity (Wildman–Crippen MR) is 71.5 cm³/mol. The van der Waals surface area contributed by atoms with E-state index in [4.69, 9.17) is 23.2 Å². The summed E-state index contributed by atoms with van der Waals surface area (Å²) in [6, 6.07) is 8.64. The van der Waals surface area contributed by atoms with Crippen molar-refractivity contribution in [3.8, 4) is 0 Å². The van der Waals surface area contributed by atoms with E-state index in [0.717, 1.165) is 6.07 Å². The molecule has 0 saturated carbocycles. The summed E-state index contributed by atoms with van der Waals surface area (Å²) in [6.45, 7) is 0. The van der Waals surface area contributed by atoms with Gasteiger partial charge in [-0.3, -0.25) is 0 Å². The van der Waals surface area contributed by atoms with Crippen LogP contribution in [-0.4, -0.2) is 5.11 Å². The molecule has 2 aromatic rings. The molecule has 0 aliphatic carbocycles. The van der Waals surface area contributed by atoms with Crippen LogP contribution >= 0.6 is 23.2 Å². The van der Waals surface area contributed by atoms with E-state index in [2.05, 4.69) is 0 Å². The summed E-state index contributed by atoms with van der Waals surface area (Å²) in [5.41, 5.74) is 0.473. The number of rotatable bonds is 3. The Morgan fingerprint density at radius 2 is 1.74 bits per heavy atom. The van der Waals surface area contributed by atoms with Crippen LogP contribution in [0.3, 0.4) is 0 Å². The molecule has 0 bridgehead atoms. The molecule has 2 rings (SSSR count). The van der Waals surface area contributed by atoms with E-state index in [1.807, 2.05) is 0 Å². The molecule has 1 N–H and O–H groups in total. The molecule has 0 aliphatic rings. The van der Waals surface area contributed by atoms with Crippen molar-refractivity contribution in [2.75, 3.05) is 0 Å². The normalized spacial score (nSPS) is 12.5. The summed E-state index contributed by atoms with van der Waals surface area (Å²) >= 11 is 11.8. The Balaban J connectivity index is 2.28. The van der Waals surface area contributed by atoms with Gasteiger partial charge >= 0.3 is 0 Å². The molecule has 100 valence electrons. The average Bonchev–Trinajstić information content (AvgIpc) is 2.38. The fourth-order valence-electron chi connectivity index (χ4n) is 1.80. The monoisotopic (exact) mass is 302 g/mol. The van der Waals surface area contributed by atoms with Gasteiger partial charge in [0.05, 0.1) is 16.1 Å². The molecular weight excluding hydrogens is 293 g/mol. The van der Waals surface area contributed by atoms with Gasteiger partial charge in [-0.1, -0.05) is 47.5 Å². The molecule has 1 atom stereocenters. The maximum Gasteiger partial charge on any atom is 0.162 e. The third-order valence-corrected chi connectivity index (χ3v) is 3.62. The van der Waals surface area contributed by atoms with Gasteiger partial charge in [0.1, 0.15) is 0 Å². The van der Waals surface area contributed by atoms with E-state index in [1.54, 1.807) is 18.2 Å². The van der Waals surface area contributed by atoms with E-state index in [9.17, 15) is 13.9 Å². The van der Waals surface area contributed by atoms with Crippen LogP contribution in [0.2, 0.25) is 10.0 Å². The minimum absolute atomic E-state index is 0.0797. The van der Waals surface area contributed by atoms with Crippen molar-refractivity contribution in [1.29, 1.82) is 0 Å². The lowest BCUT2D eigenvalue weighted by atomic mass is 10.0. The smallest absolute Gasteiger partial charge is 0.162 e. The van der Waals surface area contributed by atoms with Crippen molar-refractivity contribution in [1.82, 2.24) is 0 Å². The SMILES string of the molecule is OC(Cc1cccc(F)c1F)c1cccc(Cl)c1Cl. The largest absolute Gasteiger partial charge is 0.388 e. The standard InChI is InChI=1S/C14H10Cl2F2O/c15-10-5-2-4-9(13(10)16)12(19)7-8-3-1-6-11(17)14(8)18/h1-6,12,19H,7H2. The van der Waals surface area contributed by atoms with E-state index in [0.29, 0.717) is 10.6 Å². The van der Waals surface area contributed by atoms with Crippen LogP contribution in [-0.2, 0) is 6.42 Å². The predicted octanol–water partition coefficient (Wildman–Crippen LogP) is 4.55. The van der Waals surface area contributed by atoms with Crippen molar-refractivity contribution in [3.05, 3.63) is 69.2 Å². The molecule has 5 heteroatoms. The van der Waals surface area contributed by atoms with E-state index in [1.165, 1.54) is 12.1 Å². The first-order chi connectivity index (χ1) is 9.00. The van der Waals surface area contributed by atoms with Crippen LogP contribution in [0.15, 0.2) is 36.4 Å². The first-order valence-corrected chi connectivity index (χ1v) is 6.31. The van der Waals surface area contributed by atoms with Gasteiger partial charge < -0.3 is 5.11 Å². The van der Waals surface area contributed by atoms with Crippen LogP contribution in [0.1, 0.15) is 17.2 Å². The van der Waals surface area contributed by atoms with Crippen molar-refractivity contribution >= 4 is 23.2 Å². The van der Waals surface area contributed by atoms with E-state index in [-0.39, 0.29) is 17.0 Å². The summed E-state index contributed by atoms with van der Waals surface area (Å²) in [7, 11) is 0. The second kappa shape index (κ2) is 5.87. The number of aliphatic hydroxyl groups excluding tert-OH is 1. The molecule has 0 radical (unpaired) electrons. The van der Waals surface area contributed by atoms with Crippen LogP contribution in [0.5, 0.6) is 0 Å². The summed E-state index contributed by atoms with van der Waals surface area (Å²) < 4.78 is 26.6. The van der Waals surface area contributed by atoms with Gasteiger partial charge in [-0.25, -0.2) is 8.78 Å². The maximum absolute atomic E-state index is 13.5. The van der Waals surface area contributed by atoms with Gasteiger partial charge in [0.2, 0.25) is 0 Å². The lowest BCUT2D eigenvalue weighted by Crippen LogP contribution is -2.05. The highest BCUT2D eigenvalue weighted by Crippen LogP contribution is 2.31. The molecule has 1 unspecified atom stereocenters. The number of aliphatic hydroxyl groups is 1. The lowest BCUT2D eigenvalue weighted by molar-refractivity contribution is 0.177. The Labute approximate surface area is 119 Å². The molecule has 0 heterocycles. The minimum atomic E-state index is -1.05. The summed E-state index contributed by atoms with van der Waals surface area (Å²) in [6.07, 6.45) is -1.13. The lowest BCUT2D eigenvalue weighted by Gasteiger charge is -2.14. The Morgan fingerprint density at radius 1 is 1.05 bits per heavy atom. The topological polar surface area (TPSA) is 20.2 Å². The fraction of sp³-hybridized carbons (Fsp3) is 0.143. The number of benzene rings is 2. The van der Waals surface area contributed by atoms with Crippen molar-refractivity contribution in [2.24, 2.45) is 0 Å². The third-order valence-electron chi connectivity index (χ3n) is 2.79. The molecule has 0 amide bonds. The second-order valence-electron chi connectivity index (χ2n) is 4.08. The van der Waals surface area contributed by atoms with Gasteiger partial charge in [0.15, 0.2) is 11.6 Å². The van der Waals surface area contributed by atoms with E-state index >= 15 is 0 Å². The highest BCUT2D eigenvalue weighted by molar-refractivity contribution is 6.42. The van der Waals surface area contributed by atoms with Gasteiger partial charge in [-0.15, -0.1) is 0 Å². The third kappa shape index (κ3) is 3.06. The Kier molecular flexibility index (Phi) is 4.40. The summed E-state index contributed by atoms with van der Waals surface area (Å²) in [4.78, 5) is 0. The molecule has 0 spiro atoms. The molecule has 0 fully saturated rings. The molecule has 1 nitrogen and oxygen atoms in total. The highest BCUT2D eigenvalue weighted by atomic mass is 35.5. The highest BCUT2D eigenvalue weighted by Gasteiger charge is 2.17. The van der Waals surface area contributed by atoms with Crippen LogP contribution < -0.4 is 0 Å². The van der Waals surface area contributed by atoms with Crippen LogP contribution in [0.4, 0.5) is 8.78 Å². The first kappa shape index (κ1) is 14.3. The fourth-order valence-corrected chi connectivity index (χ4v) is 2.24. The van der Waals surface area contributed by atoms with Gasteiger partial charge in [-0.2, -0.15) is 0 Å². The van der Waals surface area contributed by atoms with Crippen molar-refractivity contribution in [3.63, 3.8) is 0 Å². The van der Waals surface area contributed by atoms with Gasteiger partial charge in [0, 0.05) is 12.0 Å².